The van der Waals surface area contributed by atoms with Gasteiger partial charge in [-0.05, 0) is 6.92 Å². The number of likely N-dealkylation sites (N-methyl/N-ethyl adjacent to an activating group) is 1. The number of nitrogens with one attached hydrogen (secondary N) is 1. The molecular weight excluding hydrogens is 198 g/mol. The molecule has 0 aromatic carbocycles. The number of carbonyl (C=O) groups is 1. The van der Waals surface area contributed by atoms with Crippen molar-refractivity contribution in [2.24, 2.45) is 0 Å². The lowest BCUT2D eigenvalue weighted by atomic mass is 10.1. The van der Waals surface area contributed by atoms with Crippen LogP contribution in [0.15, 0.2) is 11.7 Å². The van der Waals surface area contributed by atoms with Crippen molar-refractivity contribution >= 4 is 17.2 Å². The summed E-state index contributed by atoms with van der Waals surface area (Å²) in [6.45, 7) is 4.61. The summed E-state index contributed by atoms with van der Waals surface area (Å²) in [6.07, 6.45) is 1.64. The molecule has 1 aliphatic heterocycles. The minimum atomic E-state index is 0.113. The quantitative estimate of drug-likeness (QED) is 0.795. The van der Waals surface area contributed by atoms with E-state index in [9.17, 15) is 4.79 Å². The first-order chi connectivity index (χ1) is 6.83. The fourth-order valence-corrected chi connectivity index (χ4v) is 2.10. The number of thiazole rings is 1. The molecule has 0 saturated carbocycles. The largest absolute Gasteiger partial charge is 0.333 e. The Hall–Kier alpha value is -0.940. The van der Waals surface area contributed by atoms with Gasteiger partial charge in [0.15, 0.2) is 0 Å². The van der Waals surface area contributed by atoms with Crippen LogP contribution >= 0.6 is 11.3 Å². The monoisotopic (exact) mass is 211 g/mol. The van der Waals surface area contributed by atoms with Gasteiger partial charge in [-0.15, -0.1) is 11.3 Å². The van der Waals surface area contributed by atoms with Crippen LogP contribution in [0.1, 0.15) is 16.6 Å². The zero-order valence-corrected chi connectivity index (χ0v) is 8.88. The number of aromatic nitrogens is 1. The third-order valence-corrected chi connectivity index (χ3v) is 3.21. The van der Waals surface area contributed by atoms with Gasteiger partial charge in [0.25, 0.3) is 5.91 Å². The average Bonchev–Trinajstić information content (AvgIpc) is 2.62. The molecular formula is C9H13N3OS. The highest BCUT2D eigenvalue weighted by atomic mass is 32.1. The lowest BCUT2D eigenvalue weighted by Gasteiger charge is -2.37. The van der Waals surface area contributed by atoms with Crippen molar-refractivity contribution in [1.29, 1.82) is 0 Å². The van der Waals surface area contributed by atoms with Crippen LogP contribution in [0.4, 0.5) is 0 Å². The van der Waals surface area contributed by atoms with Gasteiger partial charge in [0.05, 0.1) is 17.7 Å². The molecule has 0 atom stereocenters. The van der Waals surface area contributed by atoms with Crippen LogP contribution in [0.25, 0.3) is 0 Å². The molecule has 0 radical (unpaired) electrons. The Morgan fingerprint density at radius 1 is 1.79 bits per heavy atom. The van der Waals surface area contributed by atoms with Gasteiger partial charge in [-0.3, -0.25) is 9.78 Å². The highest BCUT2D eigenvalue weighted by molar-refractivity contribution is 7.11. The van der Waals surface area contributed by atoms with E-state index in [1.165, 1.54) is 11.3 Å². The maximum Gasteiger partial charge on any atom is 0.265 e. The summed E-state index contributed by atoms with van der Waals surface area (Å²) < 4.78 is 0. The molecule has 1 fully saturated rings. The number of rotatable bonds is 3. The van der Waals surface area contributed by atoms with Crippen molar-refractivity contribution in [3.8, 4) is 0 Å². The van der Waals surface area contributed by atoms with E-state index >= 15 is 0 Å². The standard InChI is InChI=1S/C9H13N3OS/c1-2-12(7-3-10-4-7)9(13)8-5-11-6-14-8/h5-7,10H,2-4H2,1H3. The van der Waals surface area contributed by atoms with Gasteiger partial charge in [-0.25, -0.2) is 0 Å². The fraction of sp³-hybridized carbons (Fsp3) is 0.556. The molecule has 1 amide bonds. The summed E-state index contributed by atoms with van der Waals surface area (Å²) in [6, 6.07) is 0.370. The molecule has 5 heteroatoms. The maximum absolute atomic E-state index is 11.9. The smallest absolute Gasteiger partial charge is 0.265 e. The summed E-state index contributed by atoms with van der Waals surface area (Å²) in [5.41, 5.74) is 1.69. The van der Waals surface area contributed by atoms with Gasteiger partial charge in [-0.2, -0.15) is 0 Å². The maximum atomic E-state index is 11.9. The zero-order chi connectivity index (χ0) is 9.97. The number of hydrogen-bond acceptors (Lipinski definition) is 4. The van der Waals surface area contributed by atoms with Crippen LogP contribution in [0.5, 0.6) is 0 Å². The van der Waals surface area contributed by atoms with E-state index in [-0.39, 0.29) is 5.91 Å². The van der Waals surface area contributed by atoms with Crippen molar-refractivity contribution in [2.75, 3.05) is 19.6 Å². The first kappa shape index (κ1) is 9.61. The van der Waals surface area contributed by atoms with Gasteiger partial charge in [0.2, 0.25) is 0 Å². The van der Waals surface area contributed by atoms with Crippen LogP contribution in [-0.4, -0.2) is 41.5 Å². The van der Waals surface area contributed by atoms with Gasteiger partial charge < -0.3 is 10.2 Å². The second-order valence-corrected chi connectivity index (χ2v) is 4.16. The Labute approximate surface area is 86.9 Å². The predicted octanol–water partition coefficient (Wildman–Crippen LogP) is 0.577. The molecule has 1 aliphatic rings. The van der Waals surface area contributed by atoms with E-state index in [4.69, 9.17) is 0 Å². The fourth-order valence-electron chi connectivity index (χ4n) is 1.52. The molecule has 1 aromatic rings. The molecule has 1 N–H and O–H groups in total. The van der Waals surface area contributed by atoms with Crippen molar-refractivity contribution in [3.63, 3.8) is 0 Å². The summed E-state index contributed by atoms with van der Waals surface area (Å²) in [5, 5.41) is 3.17. The minimum absolute atomic E-state index is 0.113. The van der Waals surface area contributed by atoms with E-state index in [2.05, 4.69) is 10.3 Å². The molecule has 76 valence electrons. The third-order valence-electron chi connectivity index (χ3n) is 2.45. The van der Waals surface area contributed by atoms with Gasteiger partial charge >= 0.3 is 0 Å². The highest BCUT2D eigenvalue weighted by Crippen LogP contribution is 2.13. The molecule has 14 heavy (non-hydrogen) atoms. The zero-order valence-electron chi connectivity index (χ0n) is 8.06. The first-order valence-corrected chi connectivity index (χ1v) is 5.61. The molecule has 0 spiro atoms. The van der Waals surface area contributed by atoms with E-state index in [1.807, 2.05) is 11.8 Å². The van der Waals surface area contributed by atoms with Crippen LogP contribution in [-0.2, 0) is 0 Å². The number of amides is 1. The first-order valence-electron chi connectivity index (χ1n) is 4.73. The lowest BCUT2D eigenvalue weighted by Crippen LogP contribution is -2.58. The number of carbonyl (C=O) groups excluding carboxylic acids is 1. The van der Waals surface area contributed by atoms with Crippen LogP contribution < -0.4 is 5.32 Å². The van der Waals surface area contributed by atoms with E-state index in [0.29, 0.717) is 6.04 Å². The number of nitrogens with zero attached hydrogens (tertiary/aromatic N) is 2. The van der Waals surface area contributed by atoms with Crippen molar-refractivity contribution in [1.82, 2.24) is 15.2 Å². The van der Waals surface area contributed by atoms with Gasteiger partial charge in [0.1, 0.15) is 4.88 Å². The summed E-state index contributed by atoms with van der Waals surface area (Å²) in [5.74, 6) is 0.113. The predicted molar refractivity (Wildman–Crippen MR) is 55.5 cm³/mol. The van der Waals surface area contributed by atoms with Crippen LogP contribution in [0, 0.1) is 0 Å². The van der Waals surface area contributed by atoms with E-state index < -0.39 is 0 Å². The van der Waals surface area contributed by atoms with Crippen molar-refractivity contribution in [3.05, 3.63) is 16.6 Å². The summed E-state index contributed by atoms with van der Waals surface area (Å²) in [4.78, 5) is 18.5. The molecule has 0 unspecified atom stereocenters. The second kappa shape index (κ2) is 4.06. The summed E-state index contributed by atoms with van der Waals surface area (Å²) >= 11 is 1.40. The van der Waals surface area contributed by atoms with Gasteiger partial charge in [0, 0.05) is 19.6 Å². The molecule has 2 heterocycles. The molecule has 0 bridgehead atoms. The minimum Gasteiger partial charge on any atom is -0.333 e. The average molecular weight is 211 g/mol. The molecule has 1 saturated heterocycles. The Morgan fingerprint density at radius 2 is 2.57 bits per heavy atom. The van der Waals surface area contributed by atoms with Crippen LogP contribution in [0.2, 0.25) is 0 Å². The van der Waals surface area contributed by atoms with Crippen molar-refractivity contribution in [2.45, 2.75) is 13.0 Å². The molecule has 4 nitrogen and oxygen atoms in total. The second-order valence-electron chi connectivity index (χ2n) is 3.27. The van der Waals surface area contributed by atoms with E-state index in [0.717, 1.165) is 24.5 Å². The van der Waals surface area contributed by atoms with Crippen molar-refractivity contribution < 1.29 is 4.79 Å². The Morgan fingerprint density at radius 3 is 3.00 bits per heavy atom. The number of hydrogen-bond donors (Lipinski definition) is 1. The Kier molecular flexibility index (Phi) is 2.79. The Bertz CT molecular complexity index is 308. The molecule has 1 aromatic heterocycles. The normalized spacial score (nSPS) is 16.4. The lowest BCUT2D eigenvalue weighted by molar-refractivity contribution is 0.0635. The third kappa shape index (κ3) is 1.65. The van der Waals surface area contributed by atoms with E-state index in [1.54, 1.807) is 11.7 Å². The SMILES string of the molecule is CCN(C(=O)c1cncs1)C1CNC1. The Balaban J connectivity index is 2.08. The topological polar surface area (TPSA) is 45.2 Å². The van der Waals surface area contributed by atoms with Crippen LogP contribution in [0.3, 0.4) is 0 Å². The molecule has 0 aliphatic carbocycles. The summed E-state index contributed by atoms with van der Waals surface area (Å²) in [7, 11) is 0. The highest BCUT2D eigenvalue weighted by Gasteiger charge is 2.28. The molecule has 2 rings (SSSR count). The van der Waals surface area contributed by atoms with Gasteiger partial charge in [-0.1, -0.05) is 0 Å².